The Morgan fingerprint density at radius 1 is 1.17 bits per heavy atom. The standard InChI is InChI=1S/C21H16ClFN4O3/c22-14-5-10(1-2-15(14)23)12-6-17(19(27-21(12)29)11-8-30-9-11)25-16-3-4-24-20-13(16)7-18(28)26-20/h1-6,11H,7-9H2,(H,27,29)(H2,24,25,26,28). The molecule has 0 radical (unpaired) electrons. The number of hydrogen-bond donors (Lipinski definition) is 3. The van der Waals surface area contributed by atoms with Gasteiger partial charge in [-0.25, -0.2) is 9.37 Å². The van der Waals surface area contributed by atoms with Crippen LogP contribution in [0.2, 0.25) is 5.02 Å². The van der Waals surface area contributed by atoms with Gasteiger partial charge in [0.25, 0.3) is 5.56 Å². The van der Waals surface area contributed by atoms with E-state index in [0.29, 0.717) is 41.5 Å². The minimum absolute atomic E-state index is 0.0423. The number of amides is 1. The van der Waals surface area contributed by atoms with E-state index in [0.717, 1.165) is 11.3 Å². The lowest BCUT2D eigenvalue weighted by Crippen LogP contribution is -2.29. The molecule has 0 unspecified atom stereocenters. The number of nitrogens with one attached hydrogen (secondary N) is 3. The topological polar surface area (TPSA) is 96.1 Å². The first-order valence-electron chi connectivity index (χ1n) is 9.35. The molecule has 0 atom stereocenters. The number of halogens is 2. The summed E-state index contributed by atoms with van der Waals surface area (Å²) in [6.07, 6.45) is 1.82. The molecule has 1 fully saturated rings. The Labute approximate surface area is 175 Å². The van der Waals surface area contributed by atoms with Crippen LogP contribution >= 0.6 is 11.6 Å². The number of aromatic amines is 1. The third kappa shape index (κ3) is 3.24. The molecule has 152 valence electrons. The van der Waals surface area contributed by atoms with Gasteiger partial charge in [-0.3, -0.25) is 9.59 Å². The number of pyridine rings is 2. The van der Waals surface area contributed by atoms with Crippen LogP contribution in [-0.2, 0) is 16.0 Å². The number of ether oxygens (including phenoxy) is 1. The second-order valence-electron chi connectivity index (χ2n) is 7.24. The van der Waals surface area contributed by atoms with Crippen LogP contribution in [0, 0.1) is 5.82 Å². The molecule has 1 aromatic carbocycles. The van der Waals surface area contributed by atoms with E-state index in [-0.39, 0.29) is 28.8 Å². The molecule has 1 saturated heterocycles. The summed E-state index contributed by atoms with van der Waals surface area (Å²) in [5, 5.41) is 6.00. The van der Waals surface area contributed by atoms with E-state index in [1.807, 2.05) is 0 Å². The number of hydrogen-bond acceptors (Lipinski definition) is 5. The second kappa shape index (κ2) is 7.23. The normalized spacial score (nSPS) is 15.5. The number of carbonyl (C=O) groups is 1. The van der Waals surface area contributed by atoms with Crippen molar-refractivity contribution in [1.29, 1.82) is 0 Å². The first-order chi connectivity index (χ1) is 14.5. The maximum Gasteiger partial charge on any atom is 0.256 e. The van der Waals surface area contributed by atoms with Crippen LogP contribution in [-0.4, -0.2) is 29.1 Å². The molecule has 2 aliphatic heterocycles. The molecule has 7 nitrogen and oxygen atoms in total. The molecule has 2 aliphatic rings. The number of H-pyrrole nitrogens is 1. The molecule has 9 heteroatoms. The monoisotopic (exact) mass is 426 g/mol. The third-order valence-corrected chi connectivity index (χ3v) is 5.56. The number of aromatic nitrogens is 2. The molecule has 0 bridgehead atoms. The number of rotatable bonds is 4. The van der Waals surface area contributed by atoms with Crippen molar-refractivity contribution in [2.45, 2.75) is 12.3 Å². The predicted molar refractivity (Wildman–Crippen MR) is 111 cm³/mol. The maximum atomic E-state index is 13.6. The summed E-state index contributed by atoms with van der Waals surface area (Å²) in [4.78, 5) is 31.7. The summed E-state index contributed by atoms with van der Waals surface area (Å²) in [7, 11) is 0. The lowest BCUT2D eigenvalue weighted by Gasteiger charge is -2.28. The molecule has 30 heavy (non-hydrogen) atoms. The molecule has 0 saturated carbocycles. The Kier molecular flexibility index (Phi) is 4.52. The van der Waals surface area contributed by atoms with Crippen LogP contribution in [0.1, 0.15) is 17.2 Å². The fraction of sp³-hybridized carbons (Fsp3) is 0.190. The number of anilines is 3. The quantitative estimate of drug-likeness (QED) is 0.592. The molecule has 1 amide bonds. The Balaban J connectivity index is 1.61. The van der Waals surface area contributed by atoms with Gasteiger partial charge in [-0.05, 0) is 29.8 Å². The number of nitrogens with zero attached hydrogens (tertiary/aromatic N) is 1. The van der Waals surface area contributed by atoms with Crippen LogP contribution in [0.15, 0.2) is 41.3 Å². The highest BCUT2D eigenvalue weighted by atomic mass is 35.5. The van der Waals surface area contributed by atoms with Crippen molar-refractivity contribution in [3.8, 4) is 11.1 Å². The third-order valence-electron chi connectivity index (χ3n) is 5.27. The van der Waals surface area contributed by atoms with Gasteiger partial charge in [0.05, 0.1) is 30.3 Å². The van der Waals surface area contributed by atoms with Crippen molar-refractivity contribution in [3.63, 3.8) is 0 Å². The van der Waals surface area contributed by atoms with Gasteiger partial charge in [0, 0.05) is 34.6 Å². The van der Waals surface area contributed by atoms with Gasteiger partial charge in [0.1, 0.15) is 11.6 Å². The van der Waals surface area contributed by atoms with E-state index in [4.69, 9.17) is 16.3 Å². The minimum atomic E-state index is -0.553. The van der Waals surface area contributed by atoms with Crippen LogP contribution in [0.5, 0.6) is 0 Å². The van der Waals surface area contributed by atoms with Crippen molar-refractivity contribution < 1.29 is 13.9 Å². The summed E-state index contributed by atoms with van der Waals surface area (Å²) >= 11 is 5.91. The largest absolute Gasteiger partial charge is 0.380 e. The average molecular weight is 427 g/mol. The van der Waals surface area contributed by atoms with Gasteiger partial charge in [-0.1, -0.05) is 17.7 Å². The van der Waals surface area contributed by atoms with E-state index < -0.39 is 5.82 Å². The van der Waals surface area contributed by atoms with Gasteiger partial charge in [-0.15, -0.1) is 0 Å². The van der Waals surface area contributed by atoms with E-state index >= 15 is 0 Å². The number of fused-ring (bicyclic) bond motifs is 1. The van der Waals surface area contributed by atoms with Crippen LogP contribution in [0.25, 0.3) is 11.1 Å². The summed E-state index contributed by atoms with van der Waals surface area (Å²) in [6.45, 7) is 1.00. The molecule has 0 spiro atoms. The SMILES string of the molecule is O=C1Cc2c(Nc3cc(-c4ccc(F)c(Cl)c4)c(=O)[nH]c3C3COC3)ccnc2N1. The highest BCUT2D eigenvalue weighted by Gasteiger charge is 2.27. The smallest absolute Gasteiger partial charge is 0.256 e. The molecular weight excluding hydrogens is 411 g/mol. The van der Waals surface area contributed by atoms with E-state index in [1.54, 1.807) is 18.3 Å². The first kappa shape index (κ1) is 18.8. The fourth-order valence-corrected chi connectivity index (χ4v) is 3.81. The second-order valence-corrected chi connectivity index (χ2v) is 7.65. The van der Waals surface area contributed by atoms with Crippen molar-refractivity contribution in [2.24, 2.45) is 0 Å². The average Bonchev–Trinajstić information content (AvgIpc) is 3.06. The Hall–Kier alpha value is -3.23. The van der Waals surface area contributed by atoms with Crippen molar-refractivity contribution >= 4 is 34.7 Å². The lowest BCUT2D eigenvalue weighted by atomic mass is 9.98. The molecule has 3 aromatic rings. The molecule has 4 heterocycles. The zero-order chi connectivity index (χ0) is 20.8. The van der Waals surface area contributed by atoms with Crippen molar-refractivity contribution in [3.05, 3.63) is 69.0 Å². The lowest BCUT2D eigenvalue weighted by molar-refractivity contribution is -0.115. The maximum absolute atomic E-state index is 13.6. The Bertz CT molecular complexity index is 1240. The summed E-state index contributed by atoms with van der Waals surface area (Å²) in [6, 6.07) is 7.65. The van der Waals surface area contributed by atoms with Gasteiger partial charge < -0.3 is 20.4 Å². The summed E-state index contributed by atoms with van der Waals surface area (Å²) < 4.78 is 18.9. The molecule has 3 N–H and O–H groups in total. The number of carbonyl (C=O) groups excluding carboxylic acids is 1. The predicted octanol–water partition coefficient (Wildman–Crippen LogP) is 3.58. The van der Waals surface area contributed by atoms with Gasteiger partial charge in [0.2, 0.25) is 5.91 Å². The molecular formula is C21H16ClFN4O3. The van der Waals surface area contributed by atoms with E-state index in [1.165, 1.54) is 18.2 Å². The highest BCUT2D eigenvalue weighted by Crippen LogP contribution is 2.35. The van der Waals surface area contributed by atoms with Gasteiger partial charge in [0.15, 0.2) is 0 Å². The van der Waals surface area contributed by atoms with Crippen molar-refractivity contribution in [1.82, 2.24) is 9.97 Å². The first-order valence-corrected chi connectivity index (χ1v) is 9.72. The van der Waals surface area contributed by atoms with Crippen LogP contribution in [0.4, 0.5) is 21.6 Å². The molecule has 0 aliphatic carbocycles. The van der Waals surface area contributed by atoms with Crippen molar-refractivity contribution in [2.75, 3.05) is 23.8 Å². The van der Waals surface area contributed by atoms with Gasteiger partial charge in [-0.2, -0.15) is 0 Å². The minimum Gasteiger partial charge on any atom is -0.380 e. The zero-order valence-corrected chi connectivity index (χ0v) is 16.3. The number of benzene rings is 1. The Morgan fingerprint density at radius 2 is 2.00 bits per heavy atom. The molecule has 5 rings (SSSR count). The Morgan fingerprint density at radius 3 is 2.73 bits per heavy atom. The molecule has 2 aromatic heterocycles. The van der Waals surface area contributed by atoms with Crippen LogP contribution in [0.3, 0.4) is 0 Å². The zero-order valence-electron chi connectivity index (χ0n) is 15.6. The summed E-state index contributed by atoms with van der Waals surface area (Å²) in [5.41, 5.74) is 3.41. The summed E-state index contributed by atoms with van der Waals surface area (Å²) in [5.74, 6) is -0.111. The van der Waals surface area contributed by atoms with Gasteiger partial charge >= 0.3 is 0 Å². The highest BCUT2D eigenvalue weighted by molar-refractivity contribution is 6.31. The van der Waals surface area contributed by atoms with E-state index in [2.05, 4.69) is 20.6 Å². The fourth-order valence-electron chi connectivity index (χ4n) is 3.63. The van der Waals surface area contributed by atoms with Crippen LogP contribution < -0.4 is 16.2 Å². The van der Waals surface area contributed by atoms with E-state index in [9.17, 15) is 14.0 Å².